The van der Waals surface area contributed by atoms with E-state index < -0.39 is 0 Å². The molecule has 0 aliphatic heterocycles. The topological polar surface area (TPSA) is 38.0 Å². The van der Waals surface area contributed by atoms with Gasteiger partial charge >= 0.3 is 0 Å². The zero-order valence-corrected chi connectivity index (χ0v) is 9.00. The Labute approximate surface area is 93.9 Å². The molecule has 0 aliphatic carbocycles. The van der Waals surface area contributed by atoms with Crippen LogP contribution in [0.4, 0.5) is 21.5 Å². The van der Waals surface area contributed by atoms with Gasteiger partial charge in [0.25, 0.3) is 0 Å². The third-order valence-corrected chi connectivity index (χ3v) is 2.23. The normalized spacial score (nSPS) is 10.1. The highest BCUT2D eigenvalue weighted by Crippen LogP contribution is 2.20. The van der Waals surface area contributed by atoms with Crippen molar-refractivity contribution < 1.29 is 4.39 Å². The molecule has 2 rings (SSSR count). The largest absolute Gasteiger partial charge is 0.399 e. The number of nitrogen functional groups attached to an aromatic ring is 1. The van der Waals surface area contributed by atoms with Crippen molar-refractivity contribution in [3.63, 3.8) is 0 Å². The molecule has 0 aliphatic rings. The number of benzene rings is 2. The molecule has 3 heteroatoms. The molecule has 0 aromatic heterocycles. The fourth-order valence-electron chi connectivity index (χ4n) is 1.58. The maximum Gasteiger partial charge on any atom is 0.123 e. The Morgan fingerprint density at radius 1 is 1.00 bits per heavy atom. The van der Waals surface area contributed by atoms with Crippen molar-refractivity contribution in [2.45, 2.75) is 6.92 Å². The van der Waals surface area contributed by atoms with E-state index in [1.165, 1.54) is 12.1 Å². The smallest absolute Gasteiger partial charge is 0.123 e. The second-order valence-corrected chi connectivity index (χ2v) is 3.76. The summed E-state index contributed by atoms with van der Waals surface area (Å²) in [5, 5.41) is 3.17. The third kappa shape index (κ3) is 2.51. The Kier molecular flexibility index (Phi) is 2.77. The SMILES string of the molecule is Cc1cc(N)cc(Nc2ccc(F)cc2)c1. The summed E-state index contributed by atoms with van der Waals surface area (Å²) in [6.07, 6.45) is 0. The fourth-order valence-corrected chi connectivity index (χ4v) is 1.58. The van der Waals surface area contributed by atoms with Crippen molar-refractivity contribution in [3.8, 4) is 0 Å². The molecule has 0 bridgehead atoms. The Morgan fingerprint density at radius 3 is 2.31 bits per heavy atom. The molecule has 0 saturated heterocycles. The zero-order chi connectivity index (χ0) is 11.5. The van der Waals surface area contributed by atoms with E-state index in [4.69, 9.17) is 5.73 Å². The van der Waals surface area contributed by atoms with Crippen molar-refractivity contribution in [1.29, 1.82) is 0 Å². The molecule has 2 aromatic carbocycles. The molecule has 0 saturated carbocycles. The van der Waals surface area contributed by atoms with Crippen LogP contribution in [0.1, 0.15) is 5.56 Å². The van der Waals surface area contributed by atoms with Crippen LogP contribution < -0.4 is 11.1 Å². The number of rotatable bonds is 2. The summed E-state index contributed by atoms with van der Waals surface area (Å²) in [5.74, 6) is -0.241. The van der Waals surface area contributed by atoms with Crippen LogP contribution in [0.5, 0.6) is 0 Å². The van der Waals surface area contributed by atoms with Gasteiger partial charge in [-0.15, -0.1) is 0 Å². The fraction of sp³-hybridized carbons (Fsp3) is 0.0769. The molecule has 0 amide bonds. The lowest BCUT2D eigenvalue weighted by molar-refractivity contribution is 0.628. The van der Waals surface area contributed by atoms with Gasteiger partial charge in [0.2, 0.25) is 0 Å². The summed E-state index contributed by atoms with van der Waals surface area (Å²) in [6, 6.07) is 11.9. The summed E-state index contributed by atoms with van der Waals surface area (Å²) in [6.45, 7) is 1.98. The van der Waals surface area contributed by atoms with Crippen molar-refractivity contribution in [2.75, 3.05) is 11.1 Å². The maximum absolute atomic E-state index is 12.7. The van der Waals surface area contributed by atoms with Gasteiger partial charge in [-0.05, 0) is 55.0 Å². The molecule has 0 unspecified atom stereocenters. The van der Waals surface area contributed by atoms with Gasteiger partial charge in [0.15, 0.2) is 0 Å². The number of nitrogens with one attached hydrogen (secondary N) is 1. The lowest BCUT2D eigenvalue weighted by atomic mass is 10.2. The van der Waals surface area contributed by atoms with E-state index in [-0.39, 0.29) is 5.82 Å². The molecule has 2 aromatic rings. The molecule has 82 valence electrons. The van der Waals surface area contributed by atoms with Crippen LogP contribution in [0.3, 0.4) is 0 Å². The monoisotopic (exact) mass is 216 g/mol. The number of halogens is 1. The van der Waals surface area contributed by atoms with E-state index in [0.29, 0.717) is 5.69 Å². The van der Waals surface area contributed by atoms with E-state index in [2.05, 4.69) is 5.32 Å². The molecule has 0 spiro atoms. The first-order valence-electron chi connectivity index (χ1n) is 5.03. The van der Waals surface area contributed by atoms with Crippen LogP contribution in [0.2, 0.25) is 0 Å². The number of aryl methyl sites for hydroxylation is 1. The number of nitrogens with two attached hydrogens (primary N) is 1. The van der Waals surface area contributed by atoms with E-state index in [1.54, 1.807) is 12.1 Å². The zero-order valence-electron chi connectivity index (χ0n) is 9.00. The first-order valence-corrected chi connectivity index (χ1v) is 5.03. The van der Waals surface area contributed by atoms with E-state index in [1.807, 2.05) is 25.1 Å². The van der Waals surface area contributed by atoms with Crippen LogP contribution >= 0.6 is 0 Å². The second-order valence-electron chi connectivity index (χ2n) is 3.76. The van der Waals surface area contributed by atoms with Crippen molar-refractivity contribution in [2.24, 2.45) is 0 Å². The molecule has 3 N–H and O–H groups in total. The van der Waals surface area contributed by atoms with Gasteiger partial charge in [0, 0.05) is 17.1 Å². The van der Waals surface area contributed by atoms with Gasteiger partial charge in [-0.1, -0.05) is 0 Å². The molecular formula is C13H13FN2. The minimum absolute atomic E-state index is 0.241. The van der Waals surface area contributed by atoms with E-state index in [0.717, 1.165) is 16.9 Å². The average Bonchev–Trinajstić information content (AvgIpc) is 2.20. The summed E-state index contributed by atoms with van der Waals surface area (Å²) < 4.78 is 12.7. The Hall–Kier alpha value is -2.03. The lowest BCUT2D eigenvalue weighted by Crippen LogP contribution is -1.93. The van der Waals surface area contributed by atoms with Gasteiger partial charge in [-0.2, -0.15) is 0 Å². The number of anilines is 3. The van der Waals surface area contributed by atoms with Crippen LogP contribution in [0.25, 0.3) is 0 Å². The third-order valence-electron chi connectivity index (χ3n) is 2.23. The molecule has 16 heavy (non-hydrogen) atoms. The standard InChI is InChI=1S/C13H13FN2/c1-9-6-11(15)8-13(7-9)16-12-4-2-10(14)3-5-12/h2-8,16H,15H2,1H3. The van der Waals surface area contributed by atoms with Crippen LogP contribution in [-0.2, 0) is 0 Å². The summed E-state index contributed by atoms with van der Waals surface area (Å²) >= 11 is 0. The highest BCUT2D eigenvalue weighted by atomic mass is 19.1. The van der Waals surface area contributed by atoms with E-state index >= 15 is 0 Å². The summed E-state index contributed by atoms with van der Waals surface area (Å²) in [5.41, 5.74) is 9.28. The van der Waals surface area contributed by atoms with Gasteiger partial charge in [-0.3, -0.25) is 0 Å². The van der Waals surface area contributed by atoms with Crippen molar-refractivity contribution >= 4 is 17.1 Å². The molecule has 2 nitrogen and oxygen atoms in total. The van der Waals surface area contributed by atoms with Crippen LogP contribution in [-0.4, -0.2) is 0 Å². The minimum atomic E-state index is -0.241. The van der Waals surface area contributed by atoms with Crippen molar-refractivity contribution in [3.05, 3.63) is 53.8 Å². The quantitative estimate of drug-likeness (QED) is 0.754. The lowest BCUT2D eigenvalue weighted by Gasteiger charge is -2.08. The van der Waals surface area contributed by atoms with Gasteiger partial charge in [-0.25, -0.2) is 4.39 Å². The minimum Gasteiger partial charge on any atom is -0.399 e. The second kappa shape index (κ2) is 4.23. The molecule has 0 fully saturated rings. The Balaban J connectivity index is 2.23. The Morgan fingerprint density at radius 2 is 1.69 bits per heavy atom. The average molecular weight is 216 g/mol. The first kappa shape index (κ1) is 10.5. The molecular weight excluding hydrogens is 203 g/mol. The van der Waals surface area contributed by atoms with Crippen LogP contribution in [0, 0.1) is 12.7 Å². The predicted octanol–water partition coefficient (Wildman–Crippen LogP) is 3.46. The molecule has 0 atom stereocenters. The highest BCUT2D eigenvalue weighted by Gasteiger charge is 1.97. The summed E-state index contributed by atoms with van der Waals surface area (Å²) in [4.78, 5) is 0. The molecule has 0 radical (unpaired) electrons. The molecule has 0 heterocycles. The van der Waals surface area contributed by atoms with Gasteiger partial charge in [0.05, 0.1) is 0 Å². The number of hydrogen-bond donors (Lipinski definition) is 2. The van der Waals surface area contributed by atoms with E-state index in [9.17, 15) is 4.39 Å². The number of hydrogen-bond acceptors (Lipinski definition) is 2. The predicted molar refractivity (Wildman–Crippen MR) is 65.3 cm³/mol. The first-order chi connectivity index (χ1) is 7.63. The van der Waals surface area contributed by atoms with Gasteiger partial charge in [0.1, 0.15) is 5.82 Å². The summed E-state index contributed by atoms with van der Waals surface area (Å²) in [7, 11) is 0. The Bertz CT molecular complexity index is 472. The van der Waals surface area contributed by atoms with Crippen LogP contribution in [0.15, 0.2) is 42.5 Å². The maximum atomic E-state index is 12.7. The van der Waals surface area contributed by atoms with Gasteiger partial charge < -0.3 is 11.1 Å². The van der Waals surface area contributed by atoms with Crippen molar-refractivity contribution in [1.82, 2.24) is 0 Å². The highest BCUT2D eigenvalue weighted by molar-refractivity contribution is 5.64.